The summed E-state index contributed by atoms with van der Waals surface area (Å²) in [7, 11) is 1.68. The van der Waals surface area contributed by atoms with Gasteiger partial charge in [0.15, 0.2) is 11.5 Å². The number of rotatable bonds is 4. The van der Waals surface area contributed by atoms with E-state index in [1.165, 1.54) is 0 Å². The molecule has 0 aliphatic carbocycles. The van der Waals surface area contributed by atoms with Gasteiger partial charge in [0.25, 0.3) is 0 Å². The van der Waals surface area contributed by atoms with Gasteiger partial charge in [-0.25, -0.2) is 0 Å². The van der Waals surface area contributed by atoms with Crippen LogP contribution in [-0.4, -0.2) is 13.9 Å². The minimum Gasteiger partial charge on any atom is -0.496 e. The molecule has 2 heterocycles. The largest absolute Gasteiger partial charge is 0.496 e. The third-order valence-corrected chi connectivity index (χ3v) is 5.07. The van der Waals surface area contributed by atoms with Crippen LogP contribution in [0.4, 0.5) is 0 Å². The third kappa shape index (κ3) is 2.72. The number of hydrogen-bond acceptors (Lipinski definition) is 5. The van der Waals surface area contributed by atoms with Crippen LogP contribution in [0.25, 0.3) is 22.1 Å². The summed E-state index contributed by atoms with van der Waals surface area (Å²) >= 11 is 5.84. The predicted molar refractivity (Wildman–Crippen MR) is 104 cm³/mol. The molecule has 4 nitrogen and oxygen atoms in total. The molecule has 2 aromatic carbocycles. The highest BCUT2D eigenvalue weighted by Crippen LogP contribution is 2.39. The van der Waals surface area contributed by atoms with Crippen LogP contribution in [0.2, 0.25) is 0 Å². The fourth-order valence-electron chi connectivity index (χ4n) is 3.42. The van der Waals surface area contributed by atoms with Gasteiger partial charge in [-0.1, -0.05) is 31.6 Å². The van der Waals surface area contributed by atoms with E-state index in [-0.39, 0.29) is 6.79 Å². The summed E-state index contributed by atoms with van der Waals surface area (Å²) in [5.41, 5.74) is 3.77. The van der Waals surface area contributed by atoms with Crippen molar-refractivity contribution in [2.75, 3.05) is 13.9 Å². The van der Waals surface area contributed by atoms with Crippen molar-refractivity contribution in [3.8, 4) is 28.4 Å². The maximum absolute atomic E-state index is 6.10. The molecule has 0 radical (unpaired) electrons. The molecule has 134 valence electrons. The third-order valence-electron chi connectivity index (χ3n) is 4.65. The minimum atomic E-state index is 0.251. The second-order valence-electron chi connectivity index (χ2n) is 6.34. The Morgan fingerprint density at radius 1 is 1.12 bits per heavy atom. The number of ether oxygens (including phenoxy) is 3. The molecule has 4 rings (SSSR count). The SMILES string of the molecule is CCCc1cc2c(=S)c(-c3ccc4c(c3)OCO4)c(C)oc2cc1OC. The van der Waals surface area contributed by atoms with E-state index in [9.17, 15) is 0 Å². The van der Waals surface area contributed by atoms with E-state index in [0.717, 1.165) is 68.0 Å². The van der Waals surface area contributed by atoms with E-state index in [1.807, 2.05) is 31.2 Å². The van der Waals surface area contributed by atoms with Gasteiger partial charge in [-0.15, -0.1) is 0 Å². The van der Waals surface area contributed by atoms with Crippen molar-refractivity contribution in [3.05, 3.63) is 46.2 Å². The van der Waals surface area contributed by atoms with Gasteiger partial charge in [-0.2, -0.15) is 0 Å². The summed E-state index contributed by atoms with van der Waals surface area (Å²) in [6.07, 6.45) is 1.97. The van der Waals surface area contributed by atoms with Crippen molar-refractivity contribution < 1.29 is 18.6 Å². The zero-order chi connectivity index (χ0) is 18.3. The topological polar surface area (TPSA) is 40.8 Å². The van der Waals surface area contributed by atoms with E-state index >= 15 is 0 Å². The lowest BCUT2D eigenvalue weighted by Crippen LogP contribution is -1.94. The number of methoxy groups -OCH3 is 1. The van der Waals surface area contributed by atoms with Crippen LogP contribution < -0.4 is 14.2 Å². The molecule has 0 bridgehead atoms. The second-order valence-corrected chi connectivity index (χ2v) is 6.75. The van der Waals surface area contributed by atoms with E-state index in [1.54, 1.807) is 7.11 Å². The number of hydrogen-bond donors (Lipinski definition) is 0. The van der Waals surface area contributed by atoms with Crippen molar-refractivity contribution >= 4 is 23.2 Å². The Balaban J connectivity index is 1.94. The molecule has 0 unspecified atom stereocenters. The molecule has 0 saturated carbocycles. The van der Waals surface area contributed by atoms with Crippen molar-refractivity contribution in [1.29, 1.82) is 0 Å². The van der Waals surface area contributed by atoms with Gasteiger partial charge in [0, 0.05) is 17.0 Å². The standard InChI is InChI=1S/C21H20O4S/c1-4-5-13-8-15-18(10-17(13)22-3)25-12(2)20(21(15)26)14-6-7-16-19(9-14)24-11-23-16/h6-10H,4-5,11H2,1-3H3. The van der Waals surface area contributed by atoms with Gasteiger partial charge in [0.1, 0.15) is 17.1 Å². The molecule has 0 N–H and O–H groups in total. The van der Waals surface area contributed by atoms with E-state index in [0.29, 0.717) is 0 Å². The van der Waals surface area contributed by atoms with Gasteiger partial charge in [-0.05, 0) is 42.7 Å². The zero-order valence-electron chi connectivity index (χ0n) is 15.0. The number of aryl methyl sites for hydroxylation is 2. The van der Waals surface area contributed by atoms with Crippen LogP contribution in [-0.2, 0) is 6.42 Å². The molecule has 0 spiro atoms. The average molecular weight is 368 g/mol. The molecule has 0 fully saturated rings. The summed E-state index contributed by atoms with van der Waals surface area (Å²) in [6.45, 7) is 4.33. The Bertz CT molecular complexity index is 1050. The Labute approximate surface area is 157 Å². The summed E-state index contributed by atoms with van der Waals surface area (Å²) < 4.78 is 23.3. The summed E-state index contributed by atoms with van der Waals surface area (Å²) in [4.78, 5) is 0. The van der Waals surface area contributed by atoms with E-state index < -0.39 is 0 Å². The van der Waals surface area contributed by atoms with Crippen molar-refractivity contribution in [3.63, 3.8) is 0 Å². The Hall–Kier alpha value is -2.53. The average Bonchev–Trinajstić information content (AvgIpc) is 3.10. The van der Waals surface area contributed by atoms with Gasteiger partial charge in [0.2, 0.25) is 6.79 Å². The number of fused-ring (bicyclic) bond motifs is 2. The van der Waals surface area contributed by atoms with Crippen LogP contribution in [0.3, 0.4) is 0 Å². The molecule has 0 amide bonds. The Kier molecular flexibility index (Phi) is 4.32. The van der Waals surface area contributed by atoms with E-state index in [2.05, 4.69) is 13.0 Å². The van der Waals surface area contributed by atoms with Gasteiger partial charge in [-0.3, -0.25) is 0 Å². The molecule has 26 heavy (non-hydrogen) atoms. The molecule has 1 aromatic heterocycles. The second kappa shape index (κ2) is 6.65. The maximum Gasteiger partial charge on any atom is 0.231 e. The molecule has 0 atom stereocenters. The molecule has 3 aromatic rings. The normalized spacial score (nSPS) is 12.6. The monoisotopic (exact) mass is 368 g/mol. The van der Waals surface area contributed by atoms with Gasteiger partial charge >= 0.3 is 0 Å². The first kappa shape index (κ1) is 16.9. The maximum atomic E-state index is 6.10. The highest BCUT2D eigenvalue weighted by molar-refractivity contribution is 7.71. The predicted octanol–water partition coefficient (Wildman–Crippen LogP) is 5.83. The van der Waals surface area contributed by atoms with Crippen LogP contribution >= 0.6 is 12.2 Å². The van der Waals surface area contributed by atoms with Crippen LogP contribution in [0, 0.1) is 11.4 Å². The lowest BCUT2D eigenvalue weighted by Gasteiger charge is -2.13. The molecule has 1 aliphatic heterocycles. The van der Waals surface area contributed by atoms with Crippen molar-refractivity contribution in [2.24, 2.45) is 0 Å². The lowest BCUT2D eigenvalue weighted by molar-refractivity contribution is 0.174. The first-order chi connectivity index (χ1) is 12.6. The van der Waals surface area contributed by atoms with Gasteiger partial charge in [0.05, 0.1) is 11.6 Å². The molecular weight excluding hydrogens is 348 g/mol. The number of benzene rings is 2. The lowest BCUT2D eigenvalue weighted by atomic mass is 10.0. The highest BCUT2D eigenvalue weighted by atomic mass is 32.1. The summed E-state index contributed by atoms with van der Waals surface area (Å²) in [6, 6.07) is 9.89. The van der Waals surface area contributed by atoms with Gasteiger partial charge < -0.3 is 18.6 Å². The highest BCUT2D eigenvalue weighted by Gasteiger charge is 2.18. The van der Waals surface area contributed by atoms with Crippen molar-refractivity contribution in [1.82, 2.24) is 0 Å². The fourth-order valence-corrected chi connectivity index (χ4v) is 3.84. The molecular formula is C21H20O4S. The summed E-state index contributed by atoms with van der Waals surface area (Å²) in [5, 5.41) is 0.933. The first-order valence-electron chi connectivity index (χ1n) is 8.66. The van der Waals surface area contributed by atoms with Crippen LogP contribution in [0.15, 0.2) is 34.7 Å². The molecule has 1 aliphatic rings. The quantitative estimate of drug-likeness (QED) is 0.542. The van der Waals surface area contributed by atoms with Crippen LogP contribution in [0.1, 0.15) is 24.7 Å². The minimum absolute atomic E-state index is 0.251. The summed E-state index contributed by atoms with van der Waals surface area (Å²) in [5.74, 6) is 3.10. The smallest absolute Gasteiger partial charge is 0.231 e. The molecule has 5 heteroatoms. The molecule has 0 saturated heterocycles. The van der Waals surface area contributed by atoms with Crippen molar-refractivity contribution in [2.45, 2.75) is 26.7 Å². The zero-order valence-corrected chi connectivity index (χ0v) is 15.9. The fraction of sp³-hybridized carbons (Fsp3) is 0.286. The van der Waals surface area contributed by atoms with Crippen LogP contribution in [0.5, 0.6) is 17.2 Å². The Morgan fingerprint density at radius 3 is 2.69 bits per heavy atom. The first-order valence-corrected chi connectivity index (χ1v) is 9.07. The van der Waals surface area contributed by atoms with E-state index in [4.69, 9.17) is 30.8 Å². The Morgan fingerprint density at radius 2 is 1.92 bits per heavy atom.